The maximum absolute atomic E-state index is 13.6. The smallest absolute Gasteiger partial charge is 0.298 e. The maximum atomic E-state index is 13.6. The molecule has 1 heterocycles. The van der Waals surface area contributed by atoms with Crippen molar-refractivity contribution in [1.29, 1.82) is 5.26 Å². The molecule has 1 aromatic heterocycles. The molecule has 0 N–H and O–H groups in total. The summed E-state index contributed by atoms with van der Waals surface area (Å²) in [5.41, 5.74) is 0.0684. The lowest BCUT2D eigenvalue weighted by Gasteiger charge is -2.12. The van der Waals surface area contributed by atoms with Crippen LogP contribution in [0.4, 0.5) is 4.39 Å². The van der Waals surface area contributed by atoms with Crippen LogP contribution in [0.2, 0.25) is 0 Å². The largest absolute Gasteiger partial charge is 0.427 e. The summed E-state index contributed by atoms with van der Waals surface area (Å²) < 4.78 is 23.2. The molecule has 0 radical (unpaired) electrons. The zero-order valence-corrected chi connectivity index (χ0v) is 11.6. The van der Waals surface area contributed by atoms with Gasteiger partial charge in [0.1, 0.15) is 0 Å². The highest BCUT2D eigenvalue weighted by molar-refractivity contribution is 7.07. The molecule has 0 unspecified atom stereocenters. The molecule has 19 heavy (non-hydrogen) atoms. The number of nitriles is 1. The molecule has 0 aliphatic heterocycles. The van der Waals surface area contributed by atoms with Gasteiger partial charge in [0.15, 0.2) is 17.4 Å². The fraction of sp³-hybridized carbons (Fsp3) is 0.308. The van der Waals surface area contributed by atoms with Gasteiger partial charge < -0.3 is 4.74 Å². The number of hydrogen-bond donors (Lipinski definition) is 0. The monoisotopic (exact) mass is 277 g/mol. The molecule has 0 amide bonds. The maximum Gasteiger partial charge on any atom is 0.298 e. The van der Waals surface area contributed by atoms with Crippen LogP contribution in [0.5, 0.6) is 10.9 Å². The zero-order chi connectivity index (χ0) is 14.0. The van der Waals surface area contributed by atoms with E-state index in [9.17, 15) is 4.39 Å². The molecule has 0 aliphatic carbocycles. The van der Waals surface area contributed by atoms with Gasteiger partial charge in [-0.3, -0.25) is 0 Å². The first-order valence-electron chi connectivity index (χ1n) is 5.62. The molecule has 0 saturated heterocycles. The number of nitrogens with zero attached hydrogens (tertiary/aromatic N) is 3. The van der Waals surface area contributed by atoms with E-state index in [0.717, 1.165) is 17.6 Å². The molecule has 0 atom stereocenters. The van der Waals surface area contributed by atoms with Crippen molar-refractivity contribution in [3.8, 4) is 17.0 Å². The van der Waals surface area contributed by atoms with Gasteiger partial charge in [-0.05, 0) is 18.2 Å². The number of aromatic nitrogens is 2. The number of hydrogen-bond acceptors (Lipinski definition) is 5. The van der Waals surface area contributed by atoms with E-state index >= 15 is 0 Å². The summed E-state index contributed by atoms with van der Waals surface area (Å²) in [5.74, 6) is 0.101. The Bertz CT molecular complexity index is 640. The van der Waals surface area contributed by atoms with E-state index in [1.54, 1.807) is 0 Å². The SMILES string of the molecule is CC(C)(C)c1nsc(Oc2ccc(C#N)cc2F)n1. The third-order valence-corrected chi connectivity index (χ3v) is 2.93. The predicted octanol–water partition coefficient (Wildman–Crippen LogP) is 3.64. The van der Waals surface area contributed by atoms with E-state index in [2.05, 4.69) is 9.36 Å². The molecule has 0 saturated carbocycles. The van der Waals surface area contributed by atoms with Crippen molar-refractivity contribution in [3.05, 3.63) is 35.4 Å². The Morgan fingerprint density at radius 3 is 2.63 bits per heavy atom. The van der Waals surface area contributed by atoms with E-state index in [4.69, 9.17) is 10.00 Å². The number of rotatable bonds is 2. The number of benzene rings is 1. The molecule has 0 spiro atoms. The first-order valence-corrected chi connectivity index (χ1v) is 6.39. The Labute approximate surface area is 114 Å². The van der Waals surface area contributed by atoms with Crippen molar-refractivity contribution in [3.63, 3.8) is 0 Å². The Morgan fingerprint density at radius 1 is 1.37 bits per heavy atom. The van der Waals surface area contributed by atoms with E-state index in [-0.39, 0.29) is 21.9 Å². The first-order chi connectivity index (χ1) is 8.90. The molecule has 2 rings (SSSR count). The quantitative estimate of drug-likeness (QED) is 0.840. The molecule has 6 heteroatoms. The highest BCUT2D eigenvalue weighted by atomic mass is 32.1. The second-order valence-corrected chi connectivity index (χ2v) is 5.71. The molecule has 0 fully saturated rings. The van der Waals surface area contributed by atoms with Crippen molar-refractivity contribution in [1.82, 2.24) is 9.36 Å². The summed E-state index contributed by atoms with van der Waals surface area (Å²) in [6, 6.07) is 5.89. The van der Waals surface area contributed by atoms with Gasteiger partial charge >= 0.3 is 0 Å². The molecule has 2 aromatic rings. The van der Waals surface area contributed by atoms with Crippen molar-refractivity contribution in [2.24, 2.45) is 0 Å². The highest BCUT2D eigenvalue weighted by Gasteiger charge is 2.20. The van der Waals surface area contributed by atoms with Gasteiger partial charge in [0.2, 0.25) is 0 Å². The Balaban J connectivity index is 2.22. The van der Waals surface area contributed by atoms with Gasteiger partial charge in [0.05, 0.1) is 11.6 Å². The Hall–Kier alpha value is -2.00. The second kappa shape index (κ2) is 4.94. The van der Waals surface area contributed by atoms with Gasteiger partial charge in [-0.25, -0.2) is 4.39 Å². The molecule has 98 valence electrons. The zero-order valence-electron chi connectivity index (χ0n) is 10.8. The average molecular weight is 277 g/mol. The lowest BCUT2D eigenvalue weighted by Crippen LogP contribution is -2.12. The summed E-state index contributed by atoms with van der Waals surface area (Å²) in [6.07, 6.45) is 0. The summed E-state index contributed by atoms with van der Waals surface area (Å²) in [5, 5.41) is 8.94. The van der Waals surface area contributed by atoms with Crippen molar-refractivity contribution >= 4 is 11.5 Å². The van der Waals surface area contributed by atoms with Crippen LogP contribution in [0.3, 0.4) is 0 Å². The minimum atomic E-state index is -0.591. The fourth-order valence-corrected chi connectivity index (χ4v) is 2.04. The molecule has 0 aliphatic rings. The van der Waals surface area contributed by atoms with Gasteiger partial charge in [-0.2, -0.15) is 14.6 Å². The standard InChI is InChI=1S/C13H12FN3OS/c1-13(2,3)11-16-12(19-17-11)18-10-5-4-8(7-15)6-9(10)14/h4-6H,1-3H3. The van der Waals surface area contributed by atoms with Crippen molar-refractivity contribution in [2.75, 3.05) is 0 Å². The molecular weight excluding hydrogens is 265 g/mol. The topological polar surface area (TPSA) is 58.8 Å². The molecule has 0 bridgehead atoms. The lowest BCUT2D eigenvalue weighted by atomic mass is 9.96. The molecular formula is C13H12FN3OS. The average Bonchev–Trinajstić information content (AvgIpc) is 2.80. The van der Waals surface area contributed by atoms with Crippen LogP contribution in [-0.2, 0) is 5.41 Å². The van der Waals surface area contributed by atoms with Crippen LogP contribution in [0.25, 0.3) is 0 Å². The van der Waals surface area contributed by atoms with E-state index in [0.29, 0.717) is 5.82 Å². The van der Waals surface area contributed by atoms with E-state index in [1.807, 2.05) is 26.8 Å². The predicted molar refractivity (Wildman–Crippen MR) is 69.8 cm³/mol. The number of ether oxygens (including phenoxy) is 1. The van der Waals surface area contributed by atoms with Crippen molar-refractivity contribution < 1.29 is 9.13 Å². The summed E-state index contributed by atoms with van der Waals surface area (Å²) >= 11 is 1.07. The summed E-state index contributed by atoms with van der Waals surface area (Å²) in [6.45, 7) is 5.96. The Kier molecular flexibility index (Phi) is 3.49. The van der Waals surface area contributed by atoms with Crippen molar-refractivity contribution in [2.45, 2.75) is 26.2 Å². The van der Waals surface area contributed by atoms with E-state index in [1.165, 1.54) is 12.1 Å². The molecule has 1 aromatic carbocycles. The van der Waals surface area contributed by atoms with Crippen LogP contribution < -0.4 is 4.74 Å². The highest BCUT2D eigenvalue weighted by Crippen LogP contribution is 2.29. The van der Waals surface area contributed by atoms with Gasteiger partial charge in [0, 0.05) is 16.9 Å². The Morgan fingerprint density at radius 2 is 2.11 bits per heavy atom. The number of halogens is 1. The minimum Gasteiger partial charge on any atom is -0.427 e. The van der Waals surface area contributed by atoms with Crippen LogP contribution in [0.15, 0.2) is 18.2 Å². The van der Waals surface area contributed by atoms with Crippen LogP contribution in [-0.4, -0.2) is 9.36 Å². The summed E-state index contributed by atoms with van der Waals surface area (Å²) in [4.78, 5) is 4.21. The van der Waals surface area contributed by atoms with Crippen LogP contribution >= 0.6 is 11.5 Å². The third-order valence-electron chi connectivity index (χ3n) is 2.34. The third kappa shape index (κ3) is 3.06. The molecule has 4 nitrogen and oxygen atoms in total. The fourth-order valence-electron chi connectivity index (χ4n) is 1.30. The van der Waals surface area contributed by atoms with Gasteiger partial charge in [-0.15, -0.1) is 0 Å². The van der Waals surface area contributed by atoms with Crippen LogP contribution in [0.1, 0.15) is 32.2 Å². The lowest BCUT2D eigenvalue weighted by molar-refractivity contribution is 0.434. The normalized spacial score (nSPS) is 11.1. The minimum absolute atomic E-state index is 0.0376. The van der Waals surface area contributed by atoms with Crippen LogP contribution in [0, 0.1) is 17.1 Å². The van der Waals surface area contributed by atoms with Gasteiger partial charge in [0.25, 0.3) is 5.19 Å². The summed E-state index contributed by atoms with van der Waals surface area (Å²) in [7, 11) is 0. The van der Waals surface area contributed by atoms with Gasteiger partial charge in [-0.1, -0.05) is 20.8 Å². The van der Waals surface area contributed by atoms with E-state index < -0.39 is 5.82 Å². The first kappa shape index (κ1) is 13.4. The second-order valence-electron chi connectivity index (χ2n) is 4.99.